The normalized spacial score (nSPS) is 11.3. The Morgan fingerprint density at radius 3 is 2.31 bits per heavy atom. The number of nitrogens with zero attached hydrogens (tertiary/aromatic N) is 5. The highest BCUT2D eigenvalue weighted by molar-refractivity contribution is 7.99. The molecule has 14 heteroatoms. The summed E-state index contributed by atoms with van der Waals surface area (Å²) in [6, 6.07) is 23.7. The van der Waals surface area contributed by atoms with E-state index in [-0.39, 0.29) is 25.7 Å². The lowest BCUT2D eigenvalue weighted by Crippen LogP contribution is -2.14. The fourth-order valence-corrected chi connectivity index (χ4v) is 6.74. The molecule has 2 heterocycles. The van der Waals surface area contributed by atoms with Crippen LogP contribution in [0, 0.1) is 10.1 Å². The summed E-state index contributed by atoms with van der Waals surface area (Å²) in [5.41, 5.74) is 1.49. The lowest BCUT2D eigenvalue weighted by molar-refractivity contribution is -0.384. The van der Waals surface area contributed by atoms with Gasteiger partial charge in [-0.25, -0.2) is 13.4 Å². The zero-order valence-corrected chi connectivity index (χ0v) is 22.3. The van der Waals surface area contributed by atoms with Crippen LogP contribution in [0.5, 0.6) is 0 Å². The zero-order chi connectivity index (χ0) is 27.4. The van der Waals surface area contributed by atoms with Gasteiger partial charge in [-0.3, -0.25) is 19.5 Å². The van der Waals surface area contributed by atoms with Crippen molar-refractivity contribution in [2.75, 3.05) is 11.1 Å². The first-order valence-corrected chi connectivity index (χ1v) is 14.6. The lowest BCUT2D eigenvalue weighted by Gasteiger charge is -2.10. The summed E-state index contributed by atoms with van der Waals surface area (Å²) in [5, 5.41) is 22.7. The maximum absolute atomic E-state index is 12.9. The van der Waals surface area contributed by atoms with Gasteiger partial charge in [-0.2, -0.15) is 0 Å². The number of thiazole rings is 1. The van der Waals surface area contributed by atoms with E-state index in [2.05, 4.69) is 20.5 Å². The third kappa shape index (κ3) is 5.72. The fraction of sp³-hybridized carbons (Fsp3) is 0.0400. The van der Waals surface area contributed by atoms with Gasteiger partial charge in [0.05, 0.1) is 21.8 Å². The summed E-state index contributed by atoms with van der Waals surface area (Å²) in [6.45, 7) is 0. The summed E-state index contributed by atoms with van der Waals surface area (Å²) < 4.78 is 27.5. The van der Waals surface area contributed by atoms with Gasteiger partial charge in [-0.1, -0.05) is 71.6 Å². The number of hydrogen-bond donors (Lipinski definition) is 1. The molecule has 2 aromatic heterocycles. The molecule has 0 aliphatic carbocycles. The molecule has 0 bridgehead atoms. The Hall–Kier alpha value is -4.40. The smallest absolute Gasteiger partial charge is 0.269 e. The molecular weight excluding hydrogens is 561 g/mol. The maximum Gasteiger partial charge on any atom is 0.269 e. The second kappa shape index (κ2) is 11.1. The molecule has 5 rings (SSSR count). The Morgan fingerprint density at radius 2 is 1.64 bits per heavy atom. The monoisotopic (exact) mass is 578 g/mol. The predicted molar refractivity (Wildman–Crippen MR) is 147 cm³/mol. The highest BCUT2D eigenvalue weighted by Gasteiger charge is 2.23. The van der Waals surface area contributed by atoms with Gasteiger partial charge in [0.15, 0.2) is 16.1 Å². The van der Waals surface area contributed by atoms with Crippen LogP contribution in [0.4, 0.5) is 10.8 Å². The van der Waals surface area contributed by atoms with E-state index in [1.54, 1.807) is 0 Å². The fourth-order valence-electron chi connectivity index (χ4n) is 3.54. The number of para-hydroxylation sites is 1. The standard InChI is InChI=1S/C25H18N6O5S3/c32-21(27-24-26-15-22(38-24)39(35,36)20-13-11-19(12-14-20)31(33)34)16-37-25-29-28-23(17-7-3-1-4-8-17)30(25)18-9-5-2-6-10-18/h1-15H,16H2,(H,26,27,32). The van der Waals surface area contributed by atoms with E-state index in [1.165, 1.54) is 11.8 Å². The van der Waals surface area contributed by atoms with Crippen LogP contribution >= 0.6 is 23.1 Å². The van der Waals surface area contributed by atoms with Crippen molar-refractivity contribution in [2.45, 2.75) is 14.3 Å². The number of carbonyl (C=O) groups excluding carboxylic acids is 1. The minimum Gasteiger partial charge on any atom is -0.301 e. The number of carbonyl (C=O) groups is 1. The number of hydrogen-bond acceptors (Lipinski definition) is 10. The van der Waals surface area contributed by atoms with E-state index in [4.69, 9.17) is 0 Å². The number of rotatable bonds is 9. The number of anilines is 1. The van der Waals surface area contributed by atoms with Gasteiger partial charge in [0.25, 0.3) is 5.69 Å². The second-order valence-electron chi connectivity index (χ2n) is 7.92. The molecule has 0 radical (unpaired) electrons. The van der Waals surface area contributed by atoms with Crippen LogP contribution in [0.25, 0.3) is 17.1 Å². The van der Waals surface area contributed by atoms with Gasteiger partial charge in [-0.15, -0.1) is 10.2 Å². The van der Waals surface area contributed by atoms with Crippen LogP contribution in [-0.2, 0) is 14.6 Å². The molecule has 3 aromatic carbocycles. The highest BCUT2D eigenvalue weighted by Crippen LogP contribution is 2.31. The summed E-state index contributed by atoms with van der Waals surface area (Å²) in [6.07, 6.45) is 1.14. The molecule has 0 aliphatic heterocycles. The van der Waals surface area contributed by atoms with Crippen LogP contribution in [0.1, 0.15) is 0 Å². The van der Waals surface area contributed by atoms with E-state index in [1.807, 2.05) is 65.2 Å². The molecule has 1 amide bonds. The Labute approximate surface area is 230 Å². The van der Waals surface area contributed by atoms with Crippen molar-refractivity contribution in [2.24, 2.45) is 0 Å². The molecule has 0 fully saturated rings. The van der Waals surface area contributed by atoms with Crippen LogP contribution in [0.15, 0.2) is 105 Å². The van der Waals surface area contributed by atoms with Crippen LogP contribution in [-0.4, -0.2) is 44.7 Å². The molecule has 196 valence electrons. The number of nitro groups is 1. The summed E-state index contributed by atoms with van der Waals surface area (Å²) in [7, 11) is -3.96. The number of thioether (sulfide) groups is 1. The first-order chi connectivity index (χ1) is 18.8. The Balaban J connectivity index is 1.30. The quantitative estimate of drug-likeness (QED) is 0.147. The predicted octanol–water partition coefficient (Wildman–Crippen LogP) is 4.86. The van der Waals surface area contributed by atoms with Crippen LogP contribution in [0.2, 0.25) is 0 Å². The van der Waals surface area contributed by atoms with Gasteiger partial charge < -0.3 is 5.32 Å². The number of benzene rings is 3. The van der Waals surface area contributed by atoms with E-state index in [9.17, 15) is 23.3 Å². The van der Waals surface area contributed by atoms with Gasteiger partial charge in [0.2, 0.25) is 15.7 Å². The molecule has 0 spiro atoms. The zero-order valence-electron chi connectivity index (χ0n) is 19.9. The van der Waals surface area contributed by atoms with Crippen LogP contribution < -0.4 is 5.32 Å². The average molecular weight is 579 g/mol. The van der Waals surface area contributed by atoms with E-state index in [0.29, 0.717) is 11.0 Å². The first kappa shape index (κ1) is 26.2. The molecule has 0 atom stereocenters. The van der Waals surface area contributed by atoms with Crippen molar-refractivity contribution < 1.29 is 18.1 Å². The van der Waals surface area contributed by atoms with Crippen molar-refractivity contribution in [3.8, 4) is 17.1 Å². The van der Waals surface area contributed by atoms with Crippen molar-refractivity contribution in [1.29, 1.82) is 0 Å². The van der Waals surface area contributed by atoms with E-state index in [0.717, 1.165) is 53.0 Å². The molecule has 0 unspecified atom stereocenters. The Morgan fingerprint density at radius 1 is 0.974 bits per heavy atom. The maximum atomic E-state index is 12.9. The minimum atomic E-state index is -3.96. The summed E-state index contributed by atoms with van der Waals surface area (Å²) >= 11 is 1.97. The van der Waals surface area contributed by atoms with Gasteiger partial charge in [0.1, 0.15) is 4.21 Å². The third-order valence-electron chi connectivity index (χ3n) is 5.37. The number of aromatic nitrogens is 4. The lowest BCUT2D eigenvalue weighted by atomic mass is 10.2. The summed E-state index contributed by atoms with van der Waals surface area (Å²) in [5.74, 6) is 0.201. The number of amides is 1. The highest BCUT2D eigenvalue weighted by atomic mass is 32.2. The Bertz CT molecular complexity index is 1740. The van der Waals surface area contributed by atoms with Gasteiger partial charge in [-0.05, 0) is 24.3 Å². The summed E-state index contributed by atoms with van der Waals surface area (Å²) in [4.78, 5) is 26.8. The van der Waals surface area contributed by atoms with Crippen LogP contribution in [0.3, 0.4) is 0 Å². The number of non-ortho nitro benzene ring substituents is 1. The first-order valence-electron chi connectivity index (χ1n) is 11.3. The molecule has 1 N–H and O–H groups in total. The van der Waals surface area contributed by atoms with E-state index < -0.39 is 20.7 Å². The largest absolute Gasteiger partial charge is 0.301 e. The molecular formula is C25H18N6O5S3. The van der Waals surface area contributed by atoms with E-state index >= 15 is 0 Å². The SMILES string of the molecule is O=C(CSc1nnc(-c2ccccc2)n1-c1ccccc1)Nc1ncc(S(=O)(=O)c2ccc([N+](=O)[O-])cc2)s1. The van der Waals surface area contributed by atoms with Gasteiger partial charge >= 0.3 is 0 Å². The topological polar surface area (TPSA) is 150 Å². The van der Waals surface area contributed by atoms with Crippen molar-refractivity contribution in [3.05, 3.63) is 101 Å². The molecule has 39 heavy (non-hydrogen) atoms. The number of nitrogens with one attached hydrogen (secondary N) is 1. The van der Waals surface area contributed by atoms with Gasteiger partial charge in [0, 0.05) is 23.4 Å². The number of sulfone groups is 1. The van der Waals surface area contributed by atoms with Crippen molar-refractivity contribution in [1.82, 2.24) is 19.7 Å². The molecule has 0 saturated carbocycles. The second-order valence-corrected chi connectivity index (χ2v) is 12.1. The minimum absolute atomic E-state index is 0.0240. The molecule has 5 aromatic rings. The Kier molecular flexibility index (Phi) is 7.49. The third-order valence-corrected chi connectivity index (χ3v) is 9.44. The molecule has 11 nitrogen and oxygen atoms in total. The molecule has 0 aliphatic rings. The average Bonchev–Trinajstić information content (AvgIpc) is 3.61. The van der Waals surface area contributed by atoms with Crippen molar-refractivity contribution >= 4 is 49.7 Å². The van der Waals surface area contributed by atoms with Crippen molar-refractivity contribution in [3.63, 3.8) is 0 Å². The number of nitro benzene ring substituents is 1. The molecule has 0 saturated heterocycles.